The third-order valence-electron chi connectivity index (χ3n) is 3.07. The number of anilines is 1. The highest BCUT2D eigenvalue weighted by atomic mass is 19.4. The number of rotatable bonds is 6. The second-order valence-electron chi connectivity index (χ2n) is 4.81. The Morgan fingerprint density at radius 1 is 1.35 bits per heavy atom. The largest absolute Gasteiger partial charge is 0.417 e. The van der Waals surface area contributed by atoms with Crippen LogP contribution in [0, 0.1) is 17.2 Å². The van der Waals surface area contributed by atoms with Gasteiger partial charge in [0.25, 0.3) is 0 Å². The topological polar surface area (TPSA) is 45.0 Å². The molecule has 1 saturated carbocycles. The second kappa shape index (κ2) is 6.14. The Labute approximate surface area is 115 Å². The van der Waals surface area contributed by atoms with E-state index in [1.165, 1.54) is 25.0 Å². The average Bonchev–Trinajstić information content (AvgIpc) is 3.21. The zero-order valence-corrected chi connectivity index (χ0v) is 10.8. The van der Waals surface area contributed by atoms with E-state index in [2.05, 4.69) is 5.32 Å². The lowest BCUT2D eigenvalue weighted by atomic mass is 10.1. The van der Waals surface area contributed by atoms with Crippen molar-refractivity contribution in [2.75, 3.05) is 25.1 Å². The third-order valence-corrected chi connectivity index (χ3v) is 3.07. The summed E-state index contributed by atoms with van der Waals surface area (Å²) in [7, 11) is 0. The molecule has 1 aliphatic carbocycles. The van der Waals surface area contributed by atoms with Gasteiger partial charge in [-0.25, -0.2) is 0 Å². The second-order valence-corrected chi connectivity index (χ2v) is 4.81. The molecule has 20 heavy (non-hydrogen) atoms. The van der Waals surface area contributed by atoms with Crippen LogP contribution >= 0.6 is 0 Å². The number of ether oxygens (including phenoxy) is 1. The maximum atomic E-state index is 12.6. The minimum Gasteiger partial charge on any atom is -0.383 e. The highest BCUT2D eigenvalue weighted by Crippen LogP contribution is 2.33. The van der Waals surface area contributed by atoms with E-state index in [1.807, 2.05) is 0 Å². The van der Waals surface area contributed by atoms with E-state index in [4.69, 9.17) is 10.00 Å². The molecular formula is C14H15F3N2O. The van der Waals surface area contributed by atoms with Gasteiger partial charge in [0.05, 0.1) is 23.8 Å². The van der Waals surface area contributed by atoms with Crippen LogP contribution in [0.2, 0.25) is 0 Å². The van der Waals surface area contributed by atoms with Gasteiger partial charge >= 0.3 is 6.18 Å². The van der Waals surface area contributed by atoms with Crippen LogP contribution < -0.4 is 5.32 Å². The molecule has 3 nitrogen and oxygen atoms in total. The van der Waals surface area contributed by atoms with Crippen LogP contribution in [0.3, 0.4) is 0 Å². The minimum atomic E-state index is -4.50. The van der Waals surface area contributed by atoms with Gasteiger partial charge in [-0.05, 0) is 37.0 Å². The number of benzene rings is 1. The summed E-state index contributed by atoms with van der Waals surface area (Å²) in [6, 6.07) is 5.03. The summed E-state index contributed by atoms with van der Waals surface area (Å²) in [6.07, 6.45) is -2.06. The Kier molecular flexibility index (Phi) is 4.50. The summed E-state index contributed by atoms with van der Waals surface area (Å²) >= 11 is 0. The molecule has 1 aromatic carbocycles. The summed E-state index contributed by atoms with van der Waals surface area (Å²) < 4.78 is 43.2. The van der Waals surface area contributed by atoms with E-state index in [0.717, 1.165) is 12.7 Å². The highest BCUT2D eigenvalue weighted by Gasteiger charge is 2.33. The molecule has 1 fully saturated rings. The van der Waals surface area contributed by atoms with Gasteiger partial charge in [0.15, 0.2) is 0 Å². The van der Waals surface area contributed by atoms with Crippen LogP contribution in [0.4, 0.5) is 18.9 Å². The van der Waals surface area contributed by atoms with E-state index in [0.29, 0.717) is 24.8 Å². The fourth-order valence-corrected chi connectivity index (χ4v) is 1.80. The van der Waals surface area contributed by atoms with Crippen molar-refractivity contribution in [2.24, 2.45) is 5.92 Å². The molecule has 1 N–H and O–H groups in total. The zero-order chi connectivity index (χ0) is 14.6. The molecule has 0 aliphatic heterocycles. The fraction of sp³-hybridized carbons (Fsp3) is 0.500. The normalized spacial score (nSPS) is 14.9. The highest BCUT2D eigenvalue weighted by molar-refractivity contribution is 5.53. The molecular weight excluding hydrogens is 269 g/mol. The maximum Gasteiger partial charge on any atom is 0.417 e. The Morgan fingerprint density at radius 3 is 2.70 bits per heavy atom. The van der Waals surface area contributed by atoms with Crippen molar-refractivity contribution < 1.29 is 17.9 Å². The van der Waals surface area contributed by atoms with Gasteiger partial charge in [0.2, 0.25) is 0 Å². The third kappa shape index (κ3) is 4.14. The summed E-state index contributed by atoms with van der Waals surface area (Å²) in [5, 5.41) is 11.7. The lowest BCUT2D eigenvalue weighted by Gasteiger charge is -2.11. The van der Waals surface area contributed by atoms with Gasteiger partial charge < -0.3 is 10.1 Å². The molecule has 0 unspecified atom stereocenters. The molecule has 0 saturated heterocycles. The van der Waals surface area contributed by atoms with E-state index >= 15 is 0 Å². The quantitative estimate of drug-likeness (QED) is 0.814. The Hall–Kier alpha value is -1.74. The van der Waals surface area contributed by atoms with Crippen molar-refractivity contribution >= 4 is 5.69 Å². The Morgan fingerprint density at radius 2 is 2.10 bits per heavy atom. The number of alkyl halides is 3. The van der Waals surface area contributed by atoms with Crippen LogP contribution in [-0.2, 0) is 10.9 Å². The first kappa shape index (κ1) is 14.7. The summed E-state index contributed by atoms with van der Waals surface area (Å²) in [5.41, 5.74) is -0.790. The molecule has 108 valence electrons. The van der Waals surface area contributed by atoms with Crippen LogP contribution in [0.25, 0.3) is 0 Å². The maximum absolute atomic E-state index is 12.6. The SMILES string of the molecule is N#Cc1cc(NCCOCC2CC2)ccc1C(F)(F)F. The van der Waals surface area contributed by atoms with E-state index in [1.54, 1.807) is 6.07 Å². The van der Waals surface area contributed by atoms with Crippen LogP contribution in [0.1, 0.15) is 24.0 Å². The van der Waals surface area contributed by atoms with Crippen molar-refractivity contribution in [3.63, 3.8) is 0 Å². The smallest absolute Gasteiger partial charge is 0.383 e. The van der Waals surface area contributed by atoms with Crippen molar-refractivity contribution in [3.05, 3.63) is 29.3 Å². The minimum absolute atomic E-state index is 0.374. The Balaban J connectivity index is 1.87. The van der Waals surface area contributed by atoms with Crippen LogP contribution in [0.15, 0.2) is 18.2 Å². The fourth-order valence-electron chi connectivity index (χ4n) is 1.80. The molecule has 1 aromatic rings. The number of nitrogens with zero attached hydrogens (tertiary/aromatic N) is 1. The monoisotopic (exact) mass is 284 g/mol. The molecule has 6 heteroatoms. The first-order chi connectivity index (χ1) is 9.50. The first-order valence-electron chi connectivity index (χ1n) is 6.43. The lowest BCUT2D eigenvalue weighted by Crippen LogP contribution is -2.12. The molecule has 0 bridgehead atoms. The van der Waals surface area contributed by atoms with Gasteiger partial charge in [0, 0.05) is 18.8 Å². The number of hydrogen-bond acceptors (Lipinski definition) is 3. The van der Waals surface area contributed by atoms with E-state index in [9.17, 15) is 13.2 Å². The lowest BCUT2D eigenvalue weighted by molar-refractivity contribution is -0.137. The van der Waals surface area contributed by atoms with Crippen LogP contribution in [-0.4, -0.2) is 19.8 Å². The molecule has 0 radical (unpaired) electrons. The molecule has 2 rings (SSSR count). The van der Waals surface area contributed by atoms with Gasteiger partial charge in [-0.2, -0.15) is 18.4 Å². The molecule has 0 heterocycles. The molecule has 0 aromatic heterocycles. The van der Waals surface area contributed by atoms with Crippen LogP contribution in [0.5, 0.6) is 0 Å². The van der Waals surface area contributed by atoms with Gasteiger partial charge in [-0.15, -0.1) is 0 Å². The predicted molar refractivity (Wildman–Crippen MR) is 68.2 cm³/mol. The van der Waals surface area contributed by atoms with Gasteiger partial charge in [-0.1, -0.05) is 0 Å². The van der Waals surface area contributed by atoms with Crippen molar-refractivity contribution in [1.29, 1.82) is 5.26 Å². The van der Waals surface area contributed by atoms with Crippen molar-refractivity contribution in [2.45, 2.75) is 19.0 Å². The average molecular weight is 284 g/mol. The summed E-state index contributed by atoms with van der Waals surface area (Å²) in [4.78, 5) is 0. The number of hydrogen-bond donors (Lipinski definition) is 1. The number of halogens is 3. The van der Waals surface area contributed by atoms with Gasteiger partial charge in [0.1, 0.15) is 0 Å². The van der Waals surface area contributed by atoms with E-state index < -0.39 is 11.7 Å². The molecule has 0 amide bonds. The number of nitrogens with one attached hydrogen (secondary N) is 1. The molecule has 0 spiro atoms. The molecule has 0 atom stereocenters. The van der Waals surface area contributed by atoms with E-state index in [-0.39, 0.29) is 5.56 Å². The van der Waals surface area contributed by atoms with Gasteiger partial charge in [-0.3, -0.25) is 0 Å². The Bertz CT molecular complexity index is 504. The van der Waals surface area contributed by atoms with Crippen molar-refractivity contribution in [1.82, 2.24) is 0 Å². The zero-order valence-electron chi connectivity index (χ0n) is 10.8. The molecule has 1 aliphatic rings. The summed E-state index contributed by atoms with van der Waals surface area (Å²) in [5.74, 6) is 0.686. The standard InChI is InChI=1S/C14H15F3N2O/c15-14(16,17)13-4-3-12(7-11(13)8-18)19-5-6-20-9-10-1-2-10/h3-4,7,10,19H,1-2,5-6,9H2. The van der Waals surface area contributed by atoms with Crippen molar-refractivity contribution in [3.8, 4) is 6.07 Å². The first-order valence-corrected chi connectivity index (χ1v) is 6.43. The predicted octanol–water partition coefficient (Wildman–Crippen LogP) is 3.42. The summed E-state index contributed by atoms with van der Waals surface area (Å²) in [6.45, 7) is 1.75. The number of nitriles is 1.